The van der Waals surface area contributed by atoms with Crippen molar-refractivity contribution in [1.82, 2.24) is 4.98 Å². The van der Waals surface area contributed by atoms with E-state index in [4.69, 9.17) is 12.6 Å². The van der Waals surface area contributed by atoms with E-state index in [0.29, 0.717) is 17.3 Å². The molecule has 0 spiro atoms. The van der Waals surface area contributed by atoms with Gasteiger partial charge in [-0.1, -0.05) is 19.9 Å². The number of hydrogen-bond donors (Lipinski definition) is 0. The van der Waals surface area contributed by atoms with Crippen molar-refractivity contribution in [3.05, 3.63) is 17.8 Å². The number of hydrogen-bond acceptors (Lipinski definition) is 2. The Bertz CT molecular complexity index is 273. The van der Waals surface area contributed by atoms with E-state index in [9.17, 15) is 0 Å². The van der Waals surface area contributed by atoms with Crippen molar-refractivity contribution in [2.45, 2.75) is 19.8 Å². The minimum Gasteiger partial charge on any atom is -0.481 e. The lowest BCUT2D eigenvalue weighted by molar-refractivity contribution is 0.399. The molecule has 0 aliphatic rings. The van der Waals surface area contributed by atoms with Crippen LogP contribution in [-0.2, 0) is 0 Å². The van der Waals surface area contributed by atoms with Crippen LogP contribution < -0.4 is 10.2 Å². The summed E-state index contributed by atoms with van der Waals surface area (Å²) >= 11 is 0. The molecule has 1 rings (SSSR count). The van der Waals surface area contributed by atoms with Gasteiger partial charge in [0.05, 0.1) is 7.11 Å². The molecule has 2 radical (unpaired) electrons. The van der Waals surface area contributed by atoms with E-state index in [2.05, 4.69) is 18.8 Å². The summed E-state index contributed by atoms with van der Waals surface area (Å²) in [6.45, 7) is 4.16. The second-order valence-electron chi connectivity index (χ2n) is 2.99. The standard InChI is InChI=1S/C9H12BNO/c1-6(2)8-5-4-7(10)9(11-8)12-3/h4-6H,1-3H3. The van der Waals surface area contributed by atoms with Gasteiger partial charge in [-0.25, -0.2) is 4.98 Å². The topological polar surface area (TPSA) is 22.1 Å². The molecule has 0 saturated carbocycles. The van der Waals surface area contributed by atoms with Gasteiger partial charge in [-0.3, -0.25) is 0 Å². The van der Waals surface area contributed by atoms with Gasteiger partial charge in [-0.05, 0) is 17.4 Å². The Kier molecular flexibility index (Phi) is 2.74. The smallest absolute Gasteiger partial charge is 0.205 e. The molecular formula is C9H12BNO. The number of aromatic nitrogens is 1. The molecule has 0 fully saturated rings. The number of rotatable bonds is 2. The van der Waals surface area contributed by atoms with E-state index in [1.54, 1.807) is 7.11 Å². The lowest BCUT2D eigenvalue weighted by Crippen LogP contribution is -2.10. The normalized spacial score (nSPS) is 10.3. The fourth-order valence-electron chi connectivity index (χ4n) is 0.951. The molecule has 1 heterocycles. The van der Waals surface area contributed by atoms with Crippen molar-refractivity contribution in [2.24, 2.45) is 0 Å². The third-order valence-electron chi connectivity index (χ3n) is 1.70. The largest absolute Gasteiger partial charge is 0.481 e. The number of ether oxygens (including phenoxy) is 1. The van der Waals surface area contributed by atoms with Gasteiger partial charge >= 0.3 is 0 Å². The first-order valence-electron chi connectivity index (χ1n) is 3.95. The van der Waals surface area contributed by atoms with Crippen LogP contribution in [0.1, 0.15) is 25.5 Å². The first kappa shape index (κ1) is 9.11. The molecule has 0 bridgehead atoms. The van der Waals surface area contributed by atoms with Crippen molar-refractivity contribution >= 4 is 13.3 Å². The second-order valence-corrected chi connectivity index (χ2v) is 2.99. The molecule has 62 valence electrons. The van der Waals surface area contributed by atoms with Crippen LogP contribution in [0.15, 0.2) is 12.1 Å². The van der Waals surface area contributed by atoms with Crippen LogP contribution in [0.4, 0.5) is 0 Å². The third kappa shape index (κ3) is 1.78. The molecule has 0 unspecified atom stereocenters. The molecule has 0 saturated heterocycles. The Labute approximate surface area is 74.4 Å². The van der Waals surface area contributed by atoms with Gasteiger partial charge < -0.3 is 4.74 Å². The summed E-state index contributed by atoms with van der Waals surface area (Å²) in [6.07, 6.45) is 0. The molecule has 0 aliphatic heterocycles. The predicted octanol–water partition coefficient (Wildman–Crippen LogP) is 1.01. The molecule has 1 aromatic heterocycles. The summed E-state index contributed by atoms with van der Waals surface area (Å²) in [6, 6.07) is 3.74. The summed E-state index contributed by atoms with van der Waals surface area (Å²) in [4.78, 5) is 4.24. The Balaban J connectivity index is 3.05. The third-order valence-corrected chi connectivity index (χ3v) is 1.70. The number of methoxy groups -OCH3 is 1. The molecule has 0 aliphatic carbocycles. The predicted molar refractivity (Wildman–Crippen MR) is 50.3 cm³/mol. The number of nitrogens with zero attached hydrogens (tertiary/aromatic N) is 1. The summed E-state index contributed by atoms with van der Waals surface area (Å²) in [5.74, 6) is 0.917. The van der Waals surface area contributed by atoms with Crippen LogP contribution in [0, 0.1) is 0 Å². The molecular weight excluding hydrogens is 149 g/mol. The highest BCUT2D eigenvalue weighted by Gasteiger charge is 2.04. The summed E-state index contributed by atoms with van der Waals surface area (Å²) < 4.78 is 5.00. The monoisotopic (exact) mass is 161 g/mol. The first-order chi connectivity index (χ1) is 5.65. The van der Waals surface area contributed by atoms with Crippen LogP contribution >= 0.6 is 0 Å². The zero-order valence-corrected chi connectivity index (χ0v) is 7.66. The van der Waals surface area contributed by atoms with Crippen molar-refractivity contribution in [3.8, 4) is 5.88 Å². The maximum Gasteiger partial charge on any atom is 0.205 e. The molecule has 2 nitrogen and oxygen atoms in total. The fraction of sp³-hybridized carbons (Fsp3) is 0.444. The van der Waals surface area contributed by atoms with E-state index in [0.717, 1.165) is 5.69 Å². The van der Waals surface area contributed by atoms with Crippen LogP contribution in [-0.4, -0.2) is 19.9 Å². The summed E-state index contributed by atoms with van der Waals surface area (Å²) in [5.41, 5.74) is 1.59. The molecule has 0 atom stereocenters. The van der Waals surface area contributed by atoms with Crippen LogP contribution in [0.3, 0.4) is 0 Å². The molecule has 1 aromatic rings. The average molecular weight is 161 g/mol. The first-order valence-corrected chi connectivity index (χ1v) is 3.95. The highest BCUT2D eigenvalue weighted by Crippen LogP contribution is 2.12. The van der Waals surface area contributed by atoms with Gasteiger partial charge in [0, 0.05) is 5.69 Å². The molecule has 0 aromatic carbocycles. The van der Waals surface area contributed by atoms with Crippen LogP contribution in [0.5, 0.6) is 5.88 Å². The minimum atomic E-state index is 0.402. The van der Waals surface area contributed by atoms with Crippen LogP contribution in [0.2, 0.25) is 0 Å². The van der Waals surface area contributed by atoms with E-state index in [-0.39, 0.29) is 0 Å². The van der Waals surface area contributed by atoms with Gasteiger partial charge in [-0.15, -0.1) is 0 Å². The van der Waals surface area contributed by atoms with Gasteiger partial charge in [0.1, 0.15) is 7.85 Å². The Morgan fingerprint density at radius 1 is 1.42 bits per heavy atom. The van der Waals surface area contributed by atoms with E-state index < -0.39 is 0 Å². The lowest BCUT2D eigenvalue weighted by atomic mass is 9.96. The Morgan fingerprint density at radius 3 is 2.58 bits per heavy atom. The zero-order valence-electron chi connectivity index (χ0n) is 7.66. The maximum absolute atomic E-state index is 5.61. The lowest BCUT2D eigenvalue weighted by Gasteiger charge is -2.08. The van der Waals surface area contributed by atoms with E-state index in [1.165, 1.54) is 0 Å². The fourth-order valence-corrected chi connectivity index (χ4v) is 0.951. The highest BCUT2D eigenvalue weighted by molar-refractivity contribution is 6.33. The van der Waals surface area contributed by atoms with Gasteiger partial charge in [0.25, 0.3) is 0 Å². The maximum atomic E-state index is 5.61. The highest BCUT2D eigenvalue weighted by atomic mass is 16.5. The van der Waals surface area contributed by atoms with Gasteiger partial charge in [0.2, 0.25) is 5.88 Å². The van der Waals surface area contributed by atoms with Gasteiger partial charge in [0.15, 0.2) is 0 Å². The van der Waals surface area contributed by atoms with Crippen molar-refractivity contribution in [1.29, 1.82) is 0 Å². The van der Waals surface area contributed by atoms with Gasteiger partial charge in [-0.2, -0.15) is 0 Å². The molecule has 0 N–H and O–H groups in total. The second kappa shape index (κ2) is 3.61. The summed E-state index contributed by atoms with van der Waals surface area (Å²) in [5, 5.41) is 0. The molecule has 0 amide bonds. The summed E-state index contributed by atoms with van der Waals surface area (Å²) in [7, 11) is 7.18. The van der Waals surface area contributed by atoms with E-state index in [1.807, 2.05) is 12.1 Å². The minimum absolute atomic E-state index is 0.402. The Hall–Kier alpha value is -0.985. The van der Waals surface area contributed by atoms with E-state index >= 15 is 0 Å². The number of pyridine rings is 1. The molecule has 3 heteroatoms. The Morgan fingerprint density at radius 2 is 2.08 bits per heavy atom. The average Bonchev–Trinajstić information content (AvgIpc) is 2.05. The van der Waals surface area contributed by atoms with Crippen LogP contribution in [0.25, 0.3) is 0 Å². The molecule has 12 heavy (non-hydrogen) atoms. The zero-order chi connectivity index (χ0) is 9.14. The quantitative estimate of drug-likeness (QED) is 0.603. The van der Waals surface area contributed by atoms with Crippen molar-refractivity contribution < 1.29 is 4.74 Å². The van der Waals surface area contributed by atoms with Crippen molar-refractivity contribution in [3.63, 3.8) is 0 Å². The van der Waals surface area contributed by atoms with Crippen molar-refractivity contribution in [2.75, 3.05) is 7.11 Å². The SMILES string of the molecule is [B]c1ccc(C(C)C)nc1OC.